The van der Waals surface area contributed by atoms with Crippen molar-refractivity contribution < 1.29 is 0 Å². The molecule has 0 saturated carbocycles. The van der Waals surface area contributed by atoms with Crippen LogP contribution in [-0.4, -0.2) is 49.0 Å². The minimum absolute atomic E-state index is 0.384. The van der Waals surface area contributed by atoms with E-state index in [1.54, 1.807) is 19.0 Å². The van der Waals surface area contributed by atoms with Crippen molar-refractivity contribution in [1.82, 2.24) is 29.9 Å². The molecule has 0 atom stereocenters. The van der Waals surface area contributed by atoms with Crippen LogP contribution in [0.25, 0.3) is 11.2 Å². The molecular weight excluding hydrogens is 304 g/mol. The number of piperidine rings is 1. The molecule has 1 aliphatic rings. The molecule has 24 heavy (non-hydrogen) atoms. The number of rotatable bonds is 4. The van der Waals surface area contributed by atoms with E-state index in [9.17, 15) is 0 Å². The van der Waals surface area contributed by atoms with Gasteiger partial charge >= 0.3 is 0 Å². The first-order valence-corrected chi connectivity index (χ1v) is 8.30. The summed E-state index contributed by atoms with van der Waals surface area (Å²) in [4.78, 5) is 26.8. The Kier molecular flexibility index (Phi) is 3.94. The molecule has 1 fully saturated rings. The van der Waals surface area contributed by atoms with Crippen molar-refractivity contribution in [2.75, 3.05) is 23.3 Å². The van der Waals surface area contributed by atoms with Crippen molar-refractivity contribution >= 4 is 22.8 Å². The highest BCUT2D eigenvalue weighted by atomic mass is 15.2. The molecular formula is C16H20N8. The monoisotopic (exact) mass is 324 g/mol. The fourth-order valence-corrected chi connectivity index (χ4v) is 3.07. The van der Waals surface area contributed by atoms with E-state index in [0.29, 0.717) is 11.7 Å². The summed E-state index contributed by atoms with van der Waals surface area (Å²) in [5.74, 6) is 1.85. The molecule has 124 valence electrons. The van der Waals surface area contributed by atoms with Crippen LogP contribution in [0.2, 0.25) is 0 Å². The molecule has 0 aromatic carbocycles. The fraction of sp³-hybridized carbons (Fsp3) is 0.438. The lowest BCUT2D eigenvalue weighted by Crippen LogP contribution is -2.39. The Morgan fingerprint density at radius 2 is 1.96 bits per heavy atom. The Hall–Kier alpha value is -2.77. The number of hydrogen-bond acceptors (Lipinski definition) is 7. The molecule has 0 amide bonds. The van der Waals surface area contributed by atoms with Crippen LogP contribution in [0, 0.1) is 0 Å². The molecule has 2 N–H and O–H groups in total. The number of hydrogen-bond donors (Lipinski definition) is 2. The summed E-state index contributed by atoms with van der Waals surface area (Å²) in [6.45, 7) is 4.05. The van der Waals surface area contributed by atoms with Crippen molar-refractivity contribution in [1.29, 1.82) is 0 Å². The first-order chi connectivity index (χ1) is 11.8. The van der Waals surface area contributed by atoms with Crippen molar-refractivity contribution in [2.45, 2.75) is 32.2 Å². The summed E-state index contributed by atoms with van der Waals surface area (Å²) in [6, 6.07) is 2.47. The smallest absolute Gasteiger partial charge is 0.182 e. The van der Waals surface area contributed by atoms with E-state index in [2.05, 4.69) is 53.1 Å². The second-order valence-corrected chi connectivity index (χ2v) is 5.95. The Balaban J connectivity index is 1.42. The highest BCUT2D eigenvalue weighted by Crippen LogP contribution is 2.22. The third-order valence-corrected chi connectivity index (χ3v) is 4.45. The maximum atomic E-state index is 4.41. The van der Waals surface area contributed by atoms with Gasteiger partial charge in [-0.15, -0.1) is 0 Å². The quantitative estimate of drug-likeness (QED) is 0.755. The van der Waals surface area contributed by atoms with Gasteiger partial charge in [0.2, 0.25) is 0 Å². The molecule has 1 saturated heterocycles. The Labute approximate surface area is 139 Å². The molecule has 4 rings (SSSR count). The zero-order valence-electron chi connectivity index (χ0n) is 13.6. The van der Waals surface area contributed by atoms with Crippen molar-refractivity contribution in [3.05, 3.63) is 30.7 Å². The lowest BCUT2D eigenvalue weighted by Gasteiger charge is -2.33. The third-order valence-electron chi connectivity index (χ3n) is 4.45. The third kappa shape index (κ3) is 2.86. The second-order valence-electron chi connectivity index (χ2n) is 5.95. The molecule has 8 heteroatoms. The van der Waals surface area contributed by atoms with E-state index in [-0.39, 0.29) is 0 Å². The lowest BCUT2D eigenvalue weighted by molar-refractivity contribution is 0.522. The highest BCUT2D eigenvalue weighted by molar-refractivity contribution is 5.82. The number of nitrogens with one attached hydrogen (secondary N) is 2. The minimum Gasteiger partial charge on any atom is -0.365 e. The van der Waals surface area contributed by atoms with E-state index in [1.165, 1.54) is 0 Å². The predicted octanol–water partition coefficient (Wildman–Crippen LogP) is 1.79. The van der Waals surface area contributed by atoms with Crippen molar-refractivity contribution in [3.63, 3.8) is 0 Å². The zero-order chi connectivity index (χ0) is 16.4. The number of imidazole rings is 1. The van der Waals surface area contributed by atoms with Crippen LogP contribution in [0.4, 0.5) is 11.6 Å². The van der Waals surface area contributed by atoms with Crippen LogP contribution in [-0.2, 0) is 6.42 Å². The van der Waals surface area contributed by atoms with Gasteiger partial charge in [0, 0.05) is 30.9 Å². The molecule has 3 aromatic heterocycles. The summed E-state index contributed by atoms with van der Waals surface area (Å²) in [5, 5.41) is 3.52. The van der Waals surface area contributed by atoms with Crippen molar-refractivity contribution in [2.24, 2.45) is 0 Å². The number of anilines is 2. The van der Waals surface area contributed by atoms with Gasteiger partial charge in [0.05, 0.1) is 6.33 Å². The first kappa shape index (κ1) is 14.8. The van der Waals surface area contributed by atoms with Crippen LogP contribution >= 0.6 is 0 Å². The highest BCUT2D eigenvalue weighted by Gasteiger charge is 2.21. The molecule has 4 heterocycles. The normalized spacial score (nSPS) is 15.8. The maximum Gasteiger partial charge on any atom is 0.182 e. The number of aromatic nitrogens is 6. The molecule has 0 radical (unpaired) electrons. The van der Waals surface area contributed by atoms with Gasteiger partial charge in [0.15, 0.2) is 11.5 Å². The minimum atomic E-state index is 0.384. The topological polar surface area (TPSA) is 95.5 Å². The van der Waals surface area contributed by atoms with Gasteiger partial charge in [-0.3, -0.25) is 0 Å². The van der Waals surface area contributed by atoms with Crippen molar-refractivity contribution in [3.8, 4) is 0 Å². The van der Waals surface area contributed by atoms with E-state index >= 15 is 0 Å². The largest absolute Gasteiger partial charge is 0.365 e. The lowest BCUT2D eigenvalue weighted by atomic mass is 10.0. The SMILES string of the molecule is CCc1cc(N2CCC(Nc3ncnc4nc[nH]c34)CC2)ncn1. The van der Waals surface area contributed by atoms with E-state index in [1.807, 2.05) is 0 Å². The number of nitrogens with zero attached hydrogens (tertiary/aromatic N) is 6. The van der Waals surface area contributed by atoms with E-state index in [4.69, 9.17) is 0 Å². The summed E-state index contributed by atoms with van der Waals surface area (Å²) >= 11 is 0. The Bertz CT molecular complexity index is 822. The summed E-state index contributed by atoms with van der Waals surface area (Å²) in [5.41, 5.74) is 2.64. The average molecular weight is 324 g/mol. The Morgan fingerprint density at radius 3 is 2.79 bits per heavy atom. The first-order valence-electron chi connectivity index (χ1n) is 8.30. The van der Waals surface area contributed by atoms with E-state index < -0.39 is 0 Å². The molecule has 0 aliphatic carbocycles. The van der Waals surface area contributed by atoms with Gasteiger partial charge < -0.3 is 15.2 Å². The van der Waals surface area contributed by atoms with Gasteiger partial charge in [-0.25, -0.2) is 24.9 Å². The molecule has 3 aromatic rings. The molecule has 0 bridgehead atoms. The average Bonchev–Trinajstić information content (AvgIpc) is 3.12. The molecule has 0 unspecified atom stereocenters. The standard InChI is InChI=1S/C16H20N8/c1-2-11-7-13(18-8-17-11)24-5-3-12(4-6-24)23-16-14-15(20-9-19-14)21-10-22-16/h7-10,12H,2-6H2,1H3,(H2,19,20,21,22,23). The fourth-order valence-electron chi connectivity index (χ4n) is 3.07. The van der Waals surface area contributed by atoms with Gasteiger partial charge in [-0.2, -0.15) is 0 Å². The summed E-state index contributed by atoms with van der Waals surface area (Å²) in [7, 11) is 0. The van der Waals surface area contributed by atoms with Crippen LogP contribution < -0.4 is 10.2 Å². The van der Waals surface area contributed by atoms with Crippen LogP contribution in [0.1, 0.15) is 25.5 Å². The van der Waals surface area contributed by atoms with Crippen LogP contribution in [0.3, 0.4) is 0 Å². The molecule has 0 spiro atoms. The van der Waals surface area contributed by atoms with Gasteiger partial charge in [-0.05, 0) is 19.3 Å². The predicted molar refractivity (Wildman–Crippen MR) is 92.0 cm³/mol. The zero-order valence-corrected chi connectivity index (χ0v) is 13.6. The number of aryl methyl sites for hydroxylation is 1. The van der Waals surface area contributed by atoms with Gasteiger partial charge in [-0.1, -0.05) is 6.92 Å². The second kappa shape index (κ2) is 6.38. The van der Waals surface area contributed by atoms with E-state index in [0.717, 1.165) is 55.2 Å². The summed E-state index contributed by atoms with van der Waals surface area (Å²) in [6.07, 6.45) is 7.85. The molecule has 1 aliphatic heterocycles. The van der Waals surface area contributed by atoms with Gasteiger partial charge in [0.25, 0.3) is 0 Å². The van der Waals surface area contributed by atoms with Crippen LogP contribution in [0.5, 0.6) is 0 Å². The number of aromatic amines is 1. The van der Waals surface area contributed by atoms with Gasteiger partial charge in [0.1, 0.15) is 24.0 Å². The Morgan fingerprint density at radius 1 is 1.12 bits per heavy atom. The number of H-pyrrole nitrogens is 1. The summed E-state index contributed by atoms with van der Waals surface area (Å²) < 4.78 is 0. The van der Waals surface area contributed by atoms with Crippen LogP contribution in [0.15, 0.2) is 25.0 Å². The number of fused-ring (bicyclic) bond motifs is 1. The molecule has 8 nitrogen and oxygen atoms in total. The maximum absolute atomic E-state index is 4.41.